The number of amides is 3. The summed E-state index contributed by atoms with van der Waals surface area (Å²) in [6, 6.07) is 18.1. The number of thioether (sulfide) groups is 1. The van der Waals surface area contributed by atoms with Gasteiger partial charge in [0.05, 0.1) is 23.2 Å². The summed E-state index contributed by atoms with van der Waals surface area (Å²) in [6.07, 6.45) is 1.44. The number of carbonyl (C=O) groups excluding carboxylic acids is 3. The Hall–Kier alpha value is -2.84. The van der Waals surface area contributed by atoms with Crippen LogP contribution in [0.3, 0.4) is 0 Å². The van der Waals surface area contributed by atoms with Gasteiger partial charge < -0.3 is 20.6 Å². The number of carbonyl (C=O) groups is 3. The van der Waals surface area contributed by atoms with Crippen LogP contribution in [0.15, 0.2) is 60.7 Å². The molecule has 3 aliphatic heterocycles. The SMILES string of the molecule is C[C@@]12CCC3(S1)C(C(=O)NCc1ccccc1)N(CCO)C(=O)[C@@H]3[C@@H]2C(=O)Nc1ccccc1. The number of fused-ring (bicyclic) bond motifs is 1. The number of hydrogen-bond donors (Lipinski definition) is 3. The van der Waals surface area contributed by atoms with Gasteiger partial charge in [-0.25, -0.2) is 0 Å². The molecule has 178 valence electrons. The molecular weight excluding hydrogens is 450 g/mol. The van der Waals surface area contributed by atoms with Crippen LogP contribution in [0.25, 0.3) is 0 Å². The lowest BCUT2D eigenvalue weighted by Gasteiger charge is -2.34. The van der Waals surface area contributed by atoms with Crippen molar-refractivity contribution in [2.75, 3.05) is 18.5 Å². The molecule has 3 fully saturated rings. The van der Waals surface area contributed by atoms with Crippen LogP contribution in [0.2, 0.25) is 0 Å². The lowest BCUT2D eigenvalue weighted by Crippen LogP contribution is -2.53. The van der Waals surface area contributed by atoms with Gasteiger partial charge in [-0.1, -0.05) is 48.5 Å². The van der Waals surface area contributed by atoms with Crippen molar-refractivity contribution >= 4 is 35.2 Å². The Morgan fingerprint density at radius 3 is 2.41 bits per heavy atom. The topological polar surface area (TPSA) is 98.7 Å². The van der Waals surface area contributed by atoms with Gasteiger partial charge in [0.25, 0.3) is 0 Å². The third-order valence-electron chi connectivity index (χ3n) is 7.50. The minimum absolute atomic E-state index is 0.0742. The molecular formula is C26H29N3O4S. The Morgan fingerprint density at radius 1 is 1.06 bits per heavy atom. The van der Waals surface area contributed by atoms with Gasteiger partial charge in [0.15, 0.2) is 0 Å². The number of rotatable bonds is 7. The van der Waals surface area contributed by atoms with Crippen molar-refractivity contribution in [2.24, 2.45) is 11.8 Å². The van der Waals surface area contributed by atoms with E-state index in [1.807, 2.05) is 67.6 Å². The van der Waals surface area contributed by atoms with Gasteiger partial charge in [0.1, 0.15) is 6.04 Å². The van der Waals surface area contributed by atoms with E-state index < -0.39 is 27.4 Å². The molecule has 3 heterocycles. The molecule has 3 saturated heterocycles. The Bertz CT molecular complexity index is 1100. The summed E-state index contributed by atoms with van der Waals surface area (Å²) in [4.78, 5) is 42.3. The van der Waals surface area contributed by atoms with Gasteiger partial charge in [0, 0.05) is 23.5 Å². The smallest absolute Gasteiger partial charge is 0.244 e. The monoisotopic (exact) mass is 479 g/mol. The molecule has 1 spiro atoms. The first-order chi connectivity index (χ1) is 16.4. The fraction of sp³-hybridized carbons (Fsp3) is 0.423. The normalized spacial score (nSPS) is 31.4. The number of para-hydroxylation sites is 1. The number of aliphatic hydroxyl groups excluding tert-OH is 1. The van der Waals surface area contributed by atoms with Crippen molar-refractivity contribution in [2.45, 2.75) is 41.8 Å². The number of likely N-dealkylation sites (tertiary alicyclic amines) is 1. The van der Waals surface area contributed by atoms with E-state index >= 15 is 0 Å². The van der Waals surface area contributed by atoms with Gasteiger partial charge in [-0.2, -0.15) is 0 Å². The number of benzene rings is 2. The average molecular weight is 480 g/mol. The molecule has 7 nitrogen and oxygen atoms in total. The van der Waals surface area contributed by atoms with Crippen LogP contribution >= 0.6 is 11.8 Å². The van der Waals surface area contributed by atoms with Crippen molar-refractivity contribution in [3.63, 3.8) is 0 Å². The van der Waals surface area contributed by atoms with Crippen LogP contribution in [-0.4, -0.2) is 56.4 Å². The second-order valence-corrected chi connectivity index (χ2v) is 11.4. The minimum atomic E-state index is -0.720. The highest BCUT2D eigenvalue weighted by molar-refractivity contribution is 8.02. The Labute approximate surface area is 203 Å². The van der Waals surface area contributed by atoms with Gasteiger partial charge in [-0.15, -0.1) is 11.8 Å². The molecule has 5 atom stereocenters. The highest BCUT2D eigenvalue weighted by Crippen LogP contribution is 2.71. The second-order valence-electron chi connectivity index (χ2n) is 9.54. The standard InChI is InChI=1S/C26H29N3O4S/c1-25-12-13-26(34-25)20(19(25)22(31)28-18-10-6-3-7-11-18)24(33)29(14-15-30)21(26)23(32)27-16-17-8-4-2-5-9-17/h2-11,19-21,30H,12-16H2,1H3,(H,27,32)(H,28,31)/t19-,20+,21?,25+,26?/m1/s1. The van der Waals surface area contributed by atoms with E-state index in [-0.39, 0.29) is 30.9 Å². The maximum atomic E-state index is 13.7. The fourth-order valence-electron chi connectivity index (χ4n) is 6.10. The quantitative estimate of drug-likeness (QED) is 0.567. The van der Waals surface area contributed by atoms with E-state index in [4.69, 9.17) is 0 Å². The van der Waals surface area contributed by atoms with Gasteiger partial charge in [-0.05, 0) is 37.5 Å². The maximum Gasteiger partial charge on any atom is 0.244 e. The molecule has 0 saturated carbocycles. The first-order valence-corrected chi connectivity index (χ1v) is 12.5. The fourth-order valence-corrected chi connectivity index (χ4v) is 8.45. The molecule has 0 aromatic heterocycles. The summed E-state index contributed by atoms with van der Waals surface area (Å²) < 4.78 is -1.11. The van der Waals surface area contributed by atoms with Crippen LogP contribution in [-0.2, 0) is 20.9 Å². The number of nitrogens with zero attached hydrogens (tertiary/aromatic N) is 1. The molecule has 3 N–H and O–H groups in total. The van der Waals surface area contributed by atoms with E-state index in [1.54, 1.807) is 11.8 Å². The van der Waals surface area contributed by atoms with Crippen molar-refractivity contribution < 1.29 is 19.5 Å². The van der Waals surface area contributed by atoms with Crippen molar-refractivity contribution in [3.8, 4) is 0 Å². The maximum absolute atomic E-state index is 13.7. The predicted octanol–water partition coefficient (Wildman–Crippen LogP) is 2.42. The van der Waals surface area contributed by atoms with Gasteiger partial charge in [0.2, 0.25) is 17.7 Å². The first kappa shape index (κ1) is 22.9. The number of hydrogen-bond acceptors (Lipinski definition) is 5. The Morgan fingerprint density at radius 2 is 1.74 bits per heavy atom. The lowest BCUT2D eigenvalue weighted by molar-refractivity contribution is -0.140. The molecule has 2 aromatic rings. The molecule has 8 heteroatoms. The summed E-state index contributed by atoms with van der Waals surface area (Å²) in [6.45, 7) is 2.24. The van der Waals surface area contributed by atoms with Crippen LogP contribution in [0, 0.1) is 11.8 Å². The zero-order chi connectivity index (χ0) is 23.9. The summed E-state index contributed by atoms with van der Waals surface area (Å²) in [7, 11) is 0. The molecule has 5 rings (SSSR count). The molecule has 2 unspecified atom stereocenters. The Balaban J connectivity index is 1.44. The third kappa shape index (κ3) is 3.60. The van der Waals surface area contributed by atoms with E-state index in [0.717, 1.165) is 12.0 Å². The molecule has 0 radical (unpaired) electrons. The molecule has 2 bridgehead atoms. The van der Waals surface area contributed by atoms with E-state index in [1.165, 1.54) is 4.90 Å². The first-order valence-electron chi connectivity index (χ1n) is 11.7. The zero-order valence-electron chi connectivity index (χ0n) is 19.1. The predicted molar refractivity (Wildman–Crippen MR) is 131 cm³/mol. The van der Waals surface area contributed by atoms with Gasteiger partial charge in [-0.3, -0.25) is 14.4 Å². The molecule has 0 aliphatic carbocycles. The van der Waals surface area contributed by atoms with E-state index in [9.17, 15) is 19.5 Å². The summed E-state index contributed by atoms with van der Waals surface area (Å²) in [5.41, 5.74) is 1.66. The molecule has 34 heavy (non-hydrogen) atoms. The third-order valence-corrected chi connectivity index (χ3v) is 9.48. The van der Waals surface area contributed by atoms with Crippen molar-refractivity contribution in [1.82, 2.24) is 10.2 Å². The van der Waals surface area contributed by atoms with Gasteiger partial charge >= 0.3 is 0 Å². The van der Waals surface area contributed by atoms with Crippen molar-refractivity contribution in [1.29, 1.82) is 0 Å². The number of aliphatic hydroxyl groups is 1. The summed E-state index contributed by atoms with van der Waals surface area (Å²) in [5.74, 6) is -1.77. The lowest BCUT2D eigenvalue weighted by atomic mass is 9.66. The zero-order valence-corrected chi connectivity index (χ0v) is 19.9. The Kier molecular flexibility index (Phi) is 5.90. The van der Waals surface area contributed by atoms with E-state index in [2.05, 4.69) is 10.6 Å². The highest BCUT2D eigenvalue weighted by Gasteiger charge is 2.77. The summed E-state index contributed by atoms with van der Waals surface area (Å²) in [5, 5.41) is 15.7. The molecule has 3 amide bonds. The highest BCUT2D eigenvalue weighted by atomic mass is 32.2. The molecule has 3 aliphatic rings. The summed E-state index contributed by atoms with van der Waals surface area (Å²) >= 11 is 1.62. The van der Waals surface area contributed by atoms with Crippen LogP contribution in [0.4, 0.5) is 5.69 Å². The largest absolute Gasteiger partial charge is 0.395 e. The van der Waals surface area contributed by atoms with Crippen LogP contribution in [0.5, 0.6) is 0 Å². The van der Waals surface area contributed by atoms with E-state index in [0.29, 0.717) is 18.7 Å². The van der Waals surface area contributed by atoms with Crippen molar-refractivity contribution in [3.05, 3.63) is 66.2 Å². The van der Waals surface area contributed by atoms with Crippen LogP contribution in [0.1, 0.15) is 25.3 Å². The number of β-amino-alcohol motifs (C(OH)–C–C–N with tert-alkyl or cyclic N) is 1. The number of nitrogens with one attached hydrogen (secondary N) is 2. The minimum Gasteiger partial charge on any atom is -0.395 e. The average Bonchev–Trinajstić information content (AvgIpc) is 3.40. The second kappa shape index (κ2) is 8.74. The van der Waals surface area contributed by atoms with Crippen LogP contribution < -0.4 is 10.6 Å². The number of anilines is 1. The molecule has 2 aromatic carbocycles.